The van der Waals surface area contributed by atoms with Gasteiger partial charge in [-0.1, -0.05) is 119 Å². The van der Waals surface area contributed by atoms with Gasteiger partial charge in [-0.2, -0.15) is 0 Å². The molecule has 0 saturated heterocycles. The lowest BCUT2D eigenvalue weighted by Gasteiger charge is -2.28. The molecule has 2 aromatic carbocycles. The minimum atomic E-state index is 0.173. The molecule has 0 unspecified atom stereocenters. The first-order chi connectivity index (χ1) is 13.9. The summed E-state index contributed by atoms with van der Waals surface area (Å²) in [6.45, 7) is 28.0. The molecule has 172 valence electrons. The Morgan fingerprint density at radius 2 is 0.806 bits per heavy atom. The van der Waals surface area contributed by atoms with Gasteiger partial charge in [0.2, 0.25) is 0 Å². The summed E-state index contributed by atoms with van der Waals surface area (Å²) in [6, 6.07) is 14.5. The van der Waals surface area contributed by atoms with E-state index in [0.717, 1.165) is 8.58 Å². The molecule has 0 bridgehead atoms. The first-order valence-electron chi connectivity index (χ1n) is 11.9. The van der Waals surface area contributed by atoms with Crippen molar-refractivity contribution in [1.82, 2.24) is 0 Å². The highest BCUT2D eigenvalue weighted by atomic mass is 31.1. The molecule has 0 atom stereocenters. The summed E-state index contributed by atoms with van der Waals surface area (Å²) in [4.78, 5) is 0. The lowest BCUT2D eigenvalue weighted by atomic mass is 9.79. The van der Waals surface area contributed by atoms with Crippen LogP contribution in [0.2, 0.25) is 0 Å². The second-order valence-electron chi connectivity index (χ2n) is 13.3. The van der Waals surface area contributed by atoms with E-state index < -0.39 is 0 Å². The zero-order valence-electron chi connectivity index (χ0n) is 22.4. The van der Waals surface area contributed by atoms with Crippen LogP contribution in [0.5, 0.6) is 0 Å². The summed E-state index contributed by atoms with van der Waals surface area (Å²) in [6.07, 6.45) is 2.34. The summed E-state index contributed by atoms with van der Waals surface area (Å²) in [5, 5.41) is 0. The number of rotatable bonds is 4. The van der Waals surface area contributed by atoms with Crippen LogP contribution in [0.1, 0.15) is 116 Å². The lowest BCUT2D eigenvalue weighted by molar-refractivity contribution is 0.565. The van der Waals surface area contributed by atoms with Crippen LogP contribution in [0.25, 0.3) is 0 Å². The van der Waals surface area contributed by atoms with Gasteiger partial charge in [0.1, 0.15) is 0 Å². The Morgan fingerprint density at radius 1 is 0.484 bits per heavy atom. The van der Waals surface area contributed by atoms with E-state index in [-0.39, 0.29) is 21.7 Å². The maximum absolute atomic E-state index is 2.47. The number of hydrogen-bond donors (Lipinski definition) is 0. The first kappa shape index (κ1) is 26.1. The van der Waals surface area contributed by atoms with Gasteiger partial charge in [-0.05, 0) is 67.4 Å². The smallest absolute Gasteiger partial charge is 0.00947 e. The molecule has 0 N–H and O–H groups in total. The van der Waals surface area contributed by atoms with Crippen molar-refractivity contribution >= 4 is 8.58 Å². The van der Waals surface area contributed by atoms with Crippen LogP contribution >= 0.6 is 8.58 Å². The van der Waals surface area contributed by atoms with Gasteiger partial charge in [-0.15, -0.1) is 8.58 Å². The van der Waals surface area contributed by atoms with Gasteiger partial charge in [0, 0.05) is 0 Å². The van der Waals surface area contributed by atoms with E-state index in [1.807, 2.05) is 0 Å². The van der Waals surface area contributed by atoms with Gasteiger partial charge in [0.05, 0.1) is 0 Å². The minimum Gasteiger partial charge on any atom is -0.113 e. The molecule has 0 nitrogen and oxygen atoms in total. The molecule has 31 heavy (non-hydrogen) atoms. The maximum atomic E-state index is 2.47. The van der Waals surface area contributed by atoms with Gasteiger partial charge in [0.25, 0.3) is 0 Å². The van der Waals surface area contributed by atoms with E-state index in [2.05, 4.69) is 119 Å². The Kier molecular flexibility index (Phi) is 7.60. The summed E-state index contributed by atoms with van der Waals surface area (Å²) < 4.78 is 0. The maximum Gasteiger partial charge on any atom is -0.00947 e. The van der Waals surface area contributed by atoms with Crippen LogP contribution in [-0.4, -0.2) is 0 Å². The van der Waals surface area contributed by atoms with Crippen molar-refractivity contribution in [2.75, 3.05) is 0 Å². The molecule has 1 heteroatoms. The Morgan fingerprint density at radius 3 is 1.06 bits per heavy atom. The van der Waals surface area contributed by atoms with Crippen LogP contribution in [0.4, 0.5) is 0 Å². The van der Waals surface area contributed by atoms with Crippen molar-refractivity contribution in [3.63, 3.8) is 0 Å². The molecule has 0 spiro atoms. The van der Waals surface area contributed by atoms with Crippen molar-refractivity contribution in [2.24, 2.45) is 0 Å². The van der Waals surface area contributed by atoms with Crippen molar-refractivity contribution in [3.05, 3.63) is 69.8 Å². The number of benzene rings is 2. The minimum absolute atomic E-state index is 0.173. The molecule has 0 aliphatic rings. The van der Waals surface area contributed by atoms with Crippen LogP contribution in [-0.2, 0) is 34.0 Å². The average Bonchev–Trinajstić information content (AvgIpc) is 2.58. The molecule has 2 aromatic rings. The highest BCUT2D eigenvalue weighted by Gasteiger charge is 2.24. The Labute approximate surface area is 195 Å². The second-order valence-corrected chi connectivity index (χ2v) is 14.6. The number of hydrogen-bond acceptors (Lipinski definition) is 0. The molecular formula is C30H47P. The predicted octanol–water partition coefficient (Wildman–Crippen LogP) is 9.26. The molecule has 0 amide bonds. The van der Waals surface area contributed by atoms with Crippen LogP contribution in [0.15, 0.2) is 36.4 Å². The van der Waals surface area contributed by atoms with Crippen molar-refractivity contribution in [3.8, 4) is 0 Å². The van der Waals surface area contributed by atoms with E-state index in [9.17, 15) is 0 Å². The summed E-state index contributed by atoms with van der Waals surface area (Å²) in [5.74, 6) is 0. The van der Waals surface area contributed by atoms with Crippen LogP contribution in [0.3, 0.4) is 0 Å². The monoisotopic (exact) mass is 438 g/mol. The van der Waals surface area contributed by atoms with Gasteiger partial charge in [-0.3, -0.25) is 0 Å². The molecule has 2 rings (SSSR count). The third-order valence-electron chi connectivity index (χ3n) is 6.20. The zero-order chi connectivity index (χ0) is 23.8. The largest absolute Gasteiger partial charge is 0.113 e. The van der Waals surface area contributed by atoms with E-state index >= 15 is 0 Å². The summed E-state index contributed by atoms with van der Waals surface area (Å²) >= 11 is 0. The quantitative estimate of drug-likeness (QED) is 0.417. The molecule has 0 fully saturated rings. The topological polar surface area (TPSA) is 0 Å². The first-order valence-corrected chi connectivity index (χ1v) is 13.3. The molecule has 0 aromatic heterocycles. The van der Waals surface area contributed by atoms with Gasteiger partial charge in [0.15, 0.2) is 0 Å². The molecule has 0 aliphatic heterocycles. The highest BCUT2D eigenvalue weighted by Crippen LogP contribution is 2.38. The zero-order valence-corrected chi connectivity index (χ0v) is 23.4. The highest BCUT2D eigenvalue weighted by molar-refractivity contribution is 7.36. The molecule has 0 aliphatic carbocycles. The van der Waals surface area contributed by atoms with Crippen molar-refractivity contribution in [2.45, 2.75) is 117 Å². The predicted molar refractivity (Wildman–Crippen MR) is 143 cm³/mol. The van der Waals surface area contributed by atoms with Gasteiger partial charge < -0.3 is 0 Å². The van der Waals surface area contributed by atoms with Crippen LogP contribution < -0.4 is 0 Å². The standard InChI is InChI=1S/C30H47P/c1-27(2,3)23-15-13-21(25(17-23)29(7,8)9)19-31-20-22-14-16-24(28(4,5)6)18-26(22)30(10,11)12/h13-18,31H,19-20H2,1-12H3. The third-order valence-corrected chi connectivity index (χ3v) is 7.46. The van der Waals surface area contributed by atoms with Gasteiger partial charge >= 0.3 is 0 Å². The Balaban J connectivity index is 2.29. The lowest BCUT2D eigenvalue weighted by Crippen LogP contribution is -2.18. The van der Waals surface area contributed by atoms with Crippen molar-refractivity contribution in [1.29, 1.82) is 0 Å². The van der Waals surface area contributed by atoms with Crippen LogP contribution in [0, 0.1) is 0 Å². The normalized spacial score (nSPS) is 13.5. The summed E-state index contributed by atoms with van der Waals surface area (Å²) in [5.41, 5.74) is 9.71. The molecule has 0 radical (unpaired) electrons. The fourth-order valence-electron chi connectivity index (χ4n) is 4.12. The third kappa shape index (κ3) is 6.92. The Hall–Kier alpha value is -1.13. The average molecular weight is 439 g/mol. The summed E-state index contributed by atoms with van der Waals surface area (Å²) in [7, 11) is 0.905. The fourth-order valence-corrected chi connectivity index (χ4v) is 5.40. The van der Waals surface area contributed by atoms with E-state index in [4.69, 9.17) is 0 Å². The Bertz CT molecular complexity index is 814. The van der Waals surface area contributed by atoms with E-state index in [1.165, 1.54) is 45.7 Å². The van der Waals surface area contributed by atoms with Gasteiger partial charge in [-0.25, -0.2) is 0 Å². The van der Waals surface area contributed by atoms with Crippen molar-refractivity contribution < 1.29 is 0 Å². The molecular weight excluding hydrogens is 391 g/mol. The fraction of sp³-hybridized carbons (Fsp3) is 0.600. The molecule has 0 saturated carbocycles. The SMILES string of the molecule is CC(C)(C)c1ccc(CPCc2ccc(C(C)(C)C)cc2C(C)(C)C)c(C(C)(C)C)c1. The second kappa shape index (κ2) is 9.02. The van der Waals surface area contributed by atoms with E-state index in [0.29, 0.717) is 0 Å². The molecule has 0 heterocycles. The van der Waals surface area contributed by atoms with E-state index in [1.54, 1.807) is 0 Å².